The summed E-state index contributed by atoms with van der Waals surface area (Å²) in [6.07, 6.45) is -3.96. The van der Waals surface area contributed by atoms with Crippen molar-refractivity contribution in [2.24, 2.45) is 0 Å². The Balaban J connectivity index is 2.62. The van der Waals surface area contributed by atoms with E-state index in [9.17, 15) is 23.3 Å². The summed E-state index contributed by atoms with van der Waals surface area (Å²) >= 11 is 0. The summed E-state index contributed by atoms with van der Waals surface area (Å²) in [5, 5.41) is 14.2. The molecule has 1 atom stereocenters. The largest absolute Gasteiger partial charge is 0.389 e. The number of nitro groups is 1. The molecule has 1 rings (SSSR count). The summed E-state index contributed by atoms with van der Waals surface area (Å²) < 4.78 is 37.1. The van der Waals surface area contributed by atoms with Crippen molar-refractivity contribution in [2.45, 2.75) is 38.4 Å². The molecule has 0 aromatic carbocycles. The molecule has 1 aromatic rings. The molecule has 0 aliphatic carbocycles. The van der Waals surface area contributed by atoms with E-state index in [1.165, 1.54) is 4.68 Å². The minimum absolute atomic E-state index is 0.0717. The van der Waals surface area contributed by atoms with Gasteiger partial charge in [0.2, 0.25) is 5.82 Å². The molecule has 1 aromatic heterocycles. The molecule has 102 valence electrons. The Bertz CT molecular complexity index is 430. The minimum Gasteiger partial charge on any atom is -0.378 e. The first-order valence-electron chi connectivity index (χ1n) is 5.26. The fourth-order valence-electron chi connectivity index (χ4n) is 1.57. The number of nitrogen functional groups attached to an aromatic ring is 1. The van der Waals surface area contributed by atoms with Gasteiger partial charge in [-0.1, -0.05) is 0 Å². The van der Waals surface area contributed by atoms with Gasteiger partial charge in [0.1, 0.15) is 6.20 Å². The maximum Gasteiger partial charge on any atom is 0.389 e. The molecule has 1 heterocycles. The number of anilines is 1. The Morgan fingerprint density at radius 3 is 2.67 bits per heavy atom. The number of nitrogens with two attached hydrogens (primary N) is 1. The predicted molar refractivity (Wildman–Crippen MR) is 57.9 cm³/mol. The molecule has 6 nitrogen and oxygen atoms in total. The van der Waals surface area contributed by atoms with Gasteiger partial charge in [0.05, 0.1) is 11.0 Å². The second-order valence-electron chi connectivity index (χ2n) is 3.97. The minimum atomic E-state index is -4.19. The Hall–Kier alpha value is -1.80. The molecule has 0 bridgehead atoms. The molecule has 0 spiro atoms. The van der Waals surface area contributed by atoms with Gasteiger partial charge in [-0.15, -0.1) is 0 Å². The predicted octanol–water partition coefficient (Wildman–Crippen LogP) is 2.67. The van der Waals surface area contributed by atoms with Gasteiger partial charge in [0.15, 0.2) is 0 Å². The zero-order valence-electron chi connectivity index (χ0n) is 9.65. The summed E-state index contributed by atoms with van der Waals surface area (Å²) in [6, 6.07) is -0.416. The lowest BCUT2D eigenvalue weighted by atomic mass is 10.1. The molecular formula is C9H13F3N4O2. The molecule has 18 heavy (non-hydrogen) atoms. The molecule has 0 amide bonds. The second kappa shape index (κ2) is 5.23. The van der Waals surface area contributed by atoms with Crippen LogP contribution in [-0.2, 0) is 0 Å². The van der Waals surface area contributed by atoms with Gasteiger partial charge in [0.25, 0.3) is 0 Å². The first kappa shape index (κ1) is 14.3. The van der Waals surface area contributed by atoms with Crippen LogP contribution in [0.25, 0.3) is 0 Å². The fraction of sp³-hybridized carbons (Fsp3) is 0.667. The van der Waals surface area contributed by atoms with E-state index in [0.717, 1.165) is 6.20 Å². The van der Waals surface area contributed by atoms with Crippen LogP contribution in [0, 0.1) is 10.1 Å². The van der Waals surface area contributed by atoms with Gasteiger partial charge >= 0.3 is 11.9 Å². The average Bonchev–Trinajstić information content (AvgIpc) is 2.57. The molecule has 1 unspecified atom stereocenters. The van der Waals surface area contributed by atoms with E-state index in [-0.39, 0.29) is 24.3 Å². The number of hydrogen-bond acceptors (Lipinski definition) is 4. The summed E-state index contributed by atoms with van der Waals surface area (Å²) in [6.45, 7) is 1.61. The van der Waals surface area contributed by atoms with Crippen molar-refractivity contribution in [1.82, 2.24) is 9.78 Å². The monoisotopic (exact) mass is 266 g/mol. The number of rotatable bonds is 5. The molecule has 0 saturated heterocycles. The summed E-state index contributed by atoms with van der Waals surface area (Å²) in [5.74, 6) is -0.139. The van der Waals surface area contributed by atoms with Gasteiger partial charge in [0, 0.05) is 6.42 Å². The maximum atomic E-state index is 12.0. The van der Waals surface area contributed by atoms with Crippen LogP contribution in [0.2, 0.25) is 0 Å². The number of halogens is 3. The summed E-state index contributed by atoms with van der Waals surface area (Å²) in [5.41, 5.74) is 5.16. The number of alkyl halides is 3. The van der Waals surface area contributed by atoms with Gasteiger partial charge in [-0.2, -0.15) is 18.3 Å². The fourth-order valence-corrected chi connectivity index (χ4v) is 1.57. The Morgan fingerprint density at radius 1 is 1.61 bits per heavy atom. The first-order valence-corrected chi connectivity index (χ1v) is 5.26. The second-order valence-corrected chi connectivity index (χ2v) is 3.97. The van der Waals surface area contributed by atoms with Crippen LogP contribution in [0.1, 0.15) is 32.2 Å². The number of hydrogen-bond donors (Lipinski definition) is 1. The normalized spacial score (nSPS) is 13.6. The SMILES string of the molecule is CC(CCCC(F)(F)F)n1ncc([N+](=O)[O-])c1N. The molecule has 0 aliphatic rings. The number of aromatic nitrogens is 2. The van der Waals surface area contributed by atoms with E-state index in [0.29, 0.717) is 0 Å². The van der Waals surface area contributed by atoms with E-state index in [1.807, 2.05) is 0 Å². The van der Waals surface area contributed by atoms with E-state index < -0.39 is 23.6 Å². The standard InChI is InChI=1S/C9H13F3N4O2/c1-6(3-2-4-9(10,11)12)15-8(13)7(5-14-15)16(17)18/h5-6H,2-4,13H2,1H3. The third kappa shape index (κ3) is 3.60. The van der Waals surface area contributed by atoms with Crippen LogP contribution in [0.3, 0.4) is 0 Å². The summed E-state index contributed by atoms with van der Waals surface area (Å²) in [7, 11) is 0. The maximum absolute atomic E-state index is 12.0. The summed E-state index contributed by atoms with van der Waals surface area (Å²) in [4.78, 5) is 9.85. The van der Waals surface area contributed by atoms with E-state index in [4.69, 9.17) is 5.73 Å². The van der Waals surface area contributed by atoms with Crippen LogP contribution in [0.15, 0.2) is 6.20 Å². The van der Waals surface area contributed by atoms with Crippen LogP contribution in [0.5, 0.6) is 0 Å². The Labute approximate surface area is 101 Å². The molecule has 0 radical (unpaired) electrons. The highest BCUT2D eigenvalue weighted by Crippen LogP contribution is 2.28. The molecule has 0 fully saturated rings. The van der Waals surface area contributed by atoms with Crippen molar-refractivity contribution in [3.05, 3.63) is 16.3 Å². The van der Waals surface area contributed by atoms with Gasteiger partial charge < -0.3 is 5.73 Å². The molecule has 0 aliphatic heterocycles. The molecule has 2 N–H and O–H groups in total. The van der Waals surface area contributed by atoms with E-state index in [1.54, 1.807) is 6.92 Å². The van der Waals surface area contributed by atoms with Crippen LogP contribution in [0.4, 0.5) is 24.7 Å². The number of nitrogens with zero attached hydrogens (tertiary/aromatic N) is 3. The first-order chi connectivity index (χ1) is 8.22. The van der Waals surface area contributed by atoms with Crippen molar-refractivity contribution in [2.75, 3.05) is 5.73 Å². The third-order valence-electron chi connectivity index (χ3n) is 2.51. The Kier molecular flexibility index (Phi) is 4.15. The van der Waals surface area contributed by atoms with Crippen molar-refractivity contribution >= 4 is 11.5 Å². The average molecular weight is 266 g/mol. The van der Waals surface area contributed by atoms with Crippen LogP contribution >= 0.6 is 0 Å². The van der Waals surface area contributed by atoms with Crippen molar-refractivity contribution in [3.8, 4) is 0 Å². The lowest BCUT2D eigenvalue weighted by Crippen LogP contribution is -2.13. The van der Waals surface area contributed by atoms with Gasteiger partial charge in [-0.3, -0.25) is 10.1 Å². The van der Waals surface area contributed by atoms with Crippen molar-refractivity contribution in [1.29, 1.82) is 0 Å². The highest BCUT2D eigenvalue weighted by molar-refractivity contribution is 5.51. The highest BCUT2D eigenvalue weighted by Gasteiger charge is 2.27. The zero-order valence-corrected chi connectivity index (χ0v) is 9.65. The van der Waals surface area contributed by atoms with E-state index in [2.05, 4.69) is 5.10 Å². The van der Waals surface area contributed by atoms with Gasteiger partial charge in [-0.05, 0) is 19.8 Å². The van der Waals surface area contributed by atoms with Crippen LogP contribution in [-0.4, -0.2) is 20.9 Å². The lowest BCUT2D eigenvalue weighted by Gasteiger charge is -2.13. The van der Waals surface area contributed by atoms with Crippen LogP contribution < -0.4 is 5.73 Å². The lowest BCUT2D eigenvalue weighted by molar-refractivity contribution is -0.384. The highest BCUT2D eigenvalue weighted by atomic mass is 19.4. The molecule has 9 heteroatoms. The smallest absolute Gasteiger partial charge is 0.378 e. The van der Waals surface area contributed by atoms with Crippen molar-refractivity contribution < 1.29 is 18.1 Å². The quantitative estimate of drug-likeness (QED) is 0.655. The topological polar surface area (TPSA) is 87.0 Å². The molecular weight excluding hydrogens is 253 g/mol. The zero-order chi connectivity index (χ0) is 13.9. The van der Waals surface area contributed by atoms with Crippen molar-refractivity contribution in [3.63, 3.8) is 0 Å². The third-order valence-corrected chi connectivity index (χ3v) is 2.51. The van der Waals surface area contributed by atoms with Gasteiger partial charge in [-0.25, -0.2) is 4.68 Å². The Morgan fingerprint density at radius 2 is 2.22 bits per heavy atom. The van der Waals surface area contributed by atoms with E-state index >= 15 is 0 Å². The molecule has 0 saturated carbocycles.